The number of H-pyrrole nitrogens is 1. The summed E-state index contributed by atoms with van der Waals surface area (Å²) in [6.07, 6.45) is 3.35. The van der Waals surface area contributed by atoms with Crippen molar-refractivity contribution in [1.82, 2.24) is 30.8 Å². The molecule has 0 saturated carbocycles. The van der Waals surface area contributed by atoms with Gasteiger partial charge in [0.1, 0.15) is 5.82 Å². The Labute approximate surface area is 336 Å². The zero-order chi connectivity index (χ0) is 40.8. The molecule has 0 unspecified atom stereocenters. The molecule has 13 nitrogen and oxygen atoms in total. The van der Waals surface area contributed by atoms with E-state index in [4.69, 9.17) is 45.1 Å². The molecule has 0 aliphatic carbocycles. The van der Waals surface area contributed by atoms with E-state index >= 15 is 0 Å². The van der Waals surface area contributed by atoms with Crippen molar-refractivity contribution in [3.63, 3.8) is 0 Å². The summed E-state index contributed by atoms with van der Waals surface area (Å²) in [7, 11) is 0. The highest BCUT2D eigenvalue weighted by Gasteiger charge is 2.34. The normalized spacial score (nSPS) is 16.5. The molecule has 1 aliphatic rings. The highest BCUT2D eigenvalue weighted by atomic mass is 35.5. The fraction of sp³-hybridized carbons (Fsp3) is 0.550. The van der Waals surface area contributed by atoms with Gasteiger partial charge in [-0.3, -0.25) is 14.7 Å². The highest BCUT2D eigenvalue weighted by Crippen LogP contribution is 2.26. The summed E-state index contributed by atoms with van der Waals surface area (Å²) < 4.78 is 5.97. The number of ether oxygens (including phenoxy) is 1. The lowest BCUT2D eigenvalue weighted by Gasteiger charge is -2.26. The van der Waals surface area contributed by atoms with Crippen LogP contribution in [0.4, 0.5) is 4.79 Å². The zero-order valence-electron chi connectivity index (χ0n) is 33.5. The van der Waals surface area contributed by atoms with E-state index in [9.17, 15) is 9.59 Å². The summed E-state index contributed by atoms with van der Waals surface area (Å²) in [5, 5.41) is 10.6. The molecule has 1 saturated heterocycles. The average Bonchev–Trinajstić information content (AvgIpc) is 3.46. The van der Waals surface area contributed by atoms with E-state index in [2.05, 4.69) is 42.7 Å². The minimum Gasteiger partial charge on any atom is -0.375 e. The fourth-order valence-corrected chi connectivity index (χ4v) is 6.43. The topological polar surface area (TPSA) is 202 Å². The summed E-state index contributed by atoms with van der Waals surface area (Å²) in [5.74, 6) is 1.19. The molecule has 55 heavy (non-hydrogen) atoms. The van der Waals surface area contributed by atoms with Gasteiger partial charge in [0.25, 0.3) is 5.56 Å². The SMILES string of the molecule is CC(C)(C)c1ncc(-c2ccc(CNCCCN=C(N)N)cc2)c(=O)[nH]1.C[C@@H](CN)CN1C[C@H](NC(=O)NC(C)(C)C)C[C@@H]1COCc1c(Cl)cccc1Cl. The third kappa shape index (κ3) is 16.1. The number of aliphatic imine (C=N–C) groups is 1. The van der Waals surface area contributed by atoms with E-state index < -0.39 is 0 Å². The predicted octanol–water partition coefficient (Wildman–Crippen LogP) is 5.13. The molecule has 1 aliphatic heterocycles. The average molecular weight is 802 g/mol. The van der Waals surface area contributed by atoms with E-state index in [0.29, 0.717) is 53.7 Å². The standard InChI is InChI=1S/C21H34Cl2N4O2.C19H28N6O/c1-14(9-24)10-27-11-15(25-20(28)26-21(2,3)4)8-16(27)12-29-13-17-18(22)6-5-7-19(17)23;1-19(2,3)17-24-12-15(16(26)25-17)14-7-5-13(6-8-14)11-22-9-4-10-23-18(20)21/h5-7,14-16H,8-13,24H2,1-4H3,(H2,25,26,28);5-8,12,22H,4,9-11H2,1-3H3,(H4,20,21,23)(H,24,25,26)/t14-,15+,16+;/m0./s1. The van der Waals surface area contributed by atoms with Gasteiger partial charge in [-0.2, -0.15) is 0 Å². The van der Waals surface area contributed by atoms with E-state index in [1.54, 1.807) is 6.20 Å². The number of urea groups is 1. The van der Waals surface area contributed by atoms with Gasteiger partial charge in [-0.15, -0.1) is 0 Å². The lowest BCUT2D eigenvalue weighted by atomic mass is 9.95. The summed E-state index contributed by atoms with van der Waals surface area (Å²) in [4.78, 5) is 38.2. The van der Waals surface area contributed by atoms with Gasteiger partial charge in [-0.05, 0) is 75.9 Å². The first kappa shape index (κ1) is 45.7. The number of nitrogens with zero attached hydrogens (tertiary/aromatic N) is 3. The molecule has 0 spiro atoms. The number of aromatic nitrogens is 2. The second-order valence-corrected chi connectivity index (χ2v) is 17.0. The second-order valence-electron chi connectivity index (χ2n) is 16.2. The number of hydrogen-bond acceptors (Lipinski definition) is 8. The molecule has 304 valence electrons. The van der Waals surface area contributed by atoms with Crippen molar-refractivity contribution in [2.45, 2.75) is 97.5 Å². The Hall–Kier alpha value is -3.72. The smallest absolute Gasteiger partial charge is 0.315 e. The number of benzene rings is 2. The molecule has 4 rings (SSSR count). The van der Waals surface area contributed by atoms with Crippen LogP contribution in [0.25, 0.3) is 11.1 Å². The van der Waals surface area contributed by atoms with Crippen LogP contribution in [-0.2, 0) is 23.3 Å². The molecule has 10 N–H and O–H groups in total. The lowest BCUT2D eigenvalue weighted by Crippen LogP contribution is -2.50. The number of likely N-dealkylation sites (tertiary alicyclic amines) is 1. The molecule has 0 bridgehead atoms. The number of carbonyl (C=O) groups excluding carboxylic acids is 1. The maximum atomic E-state index is 12.4. The first-order chi connectivity index (χ1) is 25.9. The van der Waals surface area contributed by atoms with Gasteiger partial charge in [0.05, 0.1) is 18.8 Å². The summed E-state index contributed by atoms with van der Waals surface area (Å²) in [6, 6.07) is 13.5. The molecule has 1 fully saturated rings. The van der Waals surface area contributed by atoms with Crippen molar-refractivity contribution in [3.8, 4) is 11.1 Å². The van der Waals surface area contributed by atoms with E-state index in [-0.39, 0.29) is 40.6 Å². The number of aromatic amines is 1. The molecule has 2 aromatic carbocycles. The zero-order valence-corrected chi connectivity index (χ0v) is 35.0. The van der Waals surface area contributed by atoms with Crippen LogP contribution >= 0.6 is 23.2 Å². The van der Waals surface area contributed by atoms with Crippen LogP contribution < -0.4 is 38.7 Å². The number of carbonyl (C=O) groups is 1. The minimum absolute atomic E-state index is 0.0693. The number of rotatable bonds is 15. The maximum Gasteiger partial charge on any atom is 0.315 e. The van der Waals surface area contributed by atoms with Crippen LogP contribution in [0.15, 0.2) is 58.4 Å². The fourth-order valence-electron chi connectivity index (χ4n) is 5.92. The molecule has 1 aromatic heterocycles. The molecule has 3 aromatic rings. The Morgan fingerprint density at radius 3 is 2.35 bits per heavy atom. The highest BCUT2D eigenvalue weighted by molar-refractivity contribution is 6.35. The van der Waals surface area contributed by atoms with E-state index in [0.717, 1.165) is 55.7 Å². The third-order valence-electron chi connectivity index (χ3n) is 8.83. The van der Waals surface area contributed by atoms with Gasteiger partial charge in [-0.25, -0.2) is 9.78 Å². The van der Waals surface area contributed by atoms with Crippen LogP contribution in [0.2, 0.25) is 10.0 Å². The number of nitrogens with one attached hydrogen (secondary N) is 4. The number of amides is 2. The van der Waals surface area contributed by atoms with Gasteiger partial charge >= 0.3 is 6.03 Å². The number of guanidine groups is 1. The van der Waals surface area contributed by atoms with Crippen LogP contribution in [0.3, 0.4) is 0 Å². The van der Waals surface area contributed by atoms with Crippen LogP contribution in [-0.4, -0.2) is 83.8 Å². The van der Waals surface area contributed by atoms with Crippen molar-refractivity contribution in [2.24, 2.45) is 28.1 Å². The molecule has 0 radical (unpaired) electrons. The molecule has 15 heteroatoms. The molecule has 3 atom stereocenters. The maximum absolute atomic E-state index is 12.4. The van der Waals surface area contributed by atoms with Gasteiger partial charge < -0.3 is 42.9 Å². The summed E-state index contributed by atoms with van der Waals surface area (Å²) in [5.41, 5.74) is 19.2. The van der Waals surface area contributed by atoms with Crippen molar-refractivity contribution >= 4 is 35.2 Å². The van der Waals surface area contributed by atoms with Crippen LogP contribution in [0, 0.1) is 5.92 Å². The van der Waals surface area contributed by atoms with Gasteiger partial charge in [0.15, 0.2) is 5.96 Å². The van der Waals surface area contributed by atoms with Crippen molar-refractivity contribution in [1.29, 1.82) is 0 Å². The quantitative estimate of drug-likeness (QED) is 0.0618. The molecular formula is C40H62Cl2N10O3. The summed E-state index contributed by atoms with van der Waals surface area (Å²) >= 11 is 12.5. The summed E-state index contributed by atoms with van der Waals surface area (Å²) in [6.45, 7) is 19.5. The van der Waals surface area contributed by atoms with E-state index in [1.807, 2.05) is 84.0 Å². The first-order valence-corrected chi connectivity index (χ1v) is 19.6. The van der Waals surface area contributed by atoms with Crippen LogP contribution in [0.5, 0.6) is 0 Å². The van der Waals surface area contributed by atoms with Crippen molar-refractivity contribution in [3.05, 3.63) is 86.0 Å². The Morgan fingerprint density at radius 2 is 1.76 bits per heavy atom. The Balaban J connectivity index is 0.000000297. The number of hydrogen-bond donors (Lipinski definition) is 7. The second kappa shape index (κ2) is 21.5. The third-order valence-corrected chi connectivity index (χ3v) is 9.54. The number of halogens is 2. The lowest BCUT2D eigenvalue weighted by molar-refractivity contribution is 0.0627. The van der Waals surface area contributed by atoms with Crippen molar-refractivity contribution in [2.75, 3.05) is 39.3 Å². The van der Waals surface area contributed by atoms with E-state index in [1.165, 1.54) is 0 Å². The molecule has 2 amide bonds. The number of nitrogens with two attached hydrogens (primary N) is 3. The predicted molar refractivity (Wildman–Crippen MR) is 226 cm³/mol. The molecular weight excluding hydrogens is 739 g/mol. The Kier molecular flexibility index (Phi) is 17.9. The Bertz CT molecular complexity index is 1710. The van der Waals surface area contributed by atoms with Gasteiger partial charge in [-0.1, -0.05) is 81.2 Å². The monoisotopic (exact) mass is 800 g/mol. The Morgan fingerprint density at radius 1 is 1.09 bits per heavy atom. The molecule has 2 heterocycles. The van der Waals surface area contributed by atoms with Gasteiger partial charge in [0.2, 0.25) is 0 Å². The largest absolute Gasteiger partial charge is 0.375 e. The minimum atomic E-state index is -0.271. The van der Waals surface area contributed by atoms with Crippen molar-refractivity contribution < 1.29 is 9.53 Å². The van der Waals surface area contributed by atoms with Gasteiger partial charge in [0, 0.05) is 71.0 Å². The van der Waals surface area contributed by atoms with Crippen LogP contribution in [0.1, 0.15) is 78.3 Å². The first-order valence-electron chi connectivity index (χ1n) is 18.8.